The minimum absolute atomic E-state index is 0.0180. The number of Topliss-reactive ketones (excluding diaryl/α,β-unsaturated/α-hetero) is 2. The number of nitrogens with two attached hydrogens (primary N) is 1. The number of likely N-dealkylation sites (N-methyl/N-ethyl adjacent to an activating group) is 1. The quantitative estimate of drug-likeness (QED) is 0.103. The van der Waals surface area contributed by atoms with Gasteiger partial charge < -0.3 is 51.0 Å². The lowest BCUT2D eigenvalue weighted by atomic mass is 9.57. The number of hydrogen-bond donors (Lipinski definition) is 7. The van der Waals surface area contributed by atoms with E-state index in [1.165, 1.54) is 45.8 Å². The Morgan fingerprint density at radius 3 is 2.14 bits per heavy atom. The van der Waals surface area contributed by atoms with Crippen LogP contribution in [0.25, 0.3) is 5.76 Å². The highest BCUT2D eigenvalue weighted by Gasteiger charge is 2.64. The molecule has 0 aromatic heterocycles. The first-order valence-corrected chi connectivity index (χ1v) is 18.0. The molecule has 18 nitrogen and oxygen atoms in total. The summed E-state index contributed by atoms with van der Waals surface area (Å²) in [7, 11) is 6.26. The SMILES string of the molecule is CN(C)c1cc(NC(=O)CN(C(=O)OC(C)(Oc2ccc(F)cc2)C(=O)O)C(C)(C)C)c(O)c2c1C[C@H]1C[C@H]3[C@H](N(C)C)C(=O)C(C(N)=O)=C(O)[C@@]3(O)C(=O)C1=C2O. The van der Waals surface area contributed by atoms with Gasteiger partial charge in [-0.3, -0.25) is 29.0 Å². The lowest BCUT2D eigenvalue weighted by Crippen LogP contribution is -2.65. The molecule has 3 aliphatic carbocycles. The third kappa shape index (κ3) is 7.26. The van der Waals surface area contributed by atoms with Crippen molar-refractivity contribution < 1.29 is 68.2 Å². The number of anilines is 2. The average Bonchev–Trinajstić information content (AvgIpc) is 3.09. The molecule has 0 bridgehead atoms. The van der Waals surface area contributed by atoms with Crippen molar-refractivity contribution in [2.24, 2.45) is 17.6 Å². The van der Waals surface area contributed by atoms with Gasteiger partial charge in [0.25, 0.3) is 5.91 Å². The Hall–Kier alpha value is -6.21. The number of benzene rings is 2. The number of hydrogen-bond acceptors (Lipinski definition) is 14. The number of carboxylic acids is 1. The van der Waals surface area contributed by atoms with Gasteiger partial charge >= 0.3 is 17.8 Å². The molecule has 1 saturated carbocycles. The van der Waals surface area contributed by atoms with Crippen molar-refractivity contribution in [3.8, 4) is 11.5 Å². The van der Waals surface area contributed by atoms with Crippen molar-refractivity contribution in [3.63, 3.8) is 0 Å². The molecule has 8 N–H and O–H groups in total. The first kappa shape index (κ1) is 42.9. The molecule has 0 radical (unpaired) electrons. The number of halogens is 1. The highest BCUT2D eigenvalue weighted by Crippen LogP contribution is 2.54. The molecule has 0 aliphatic heterocycles. The number of phenols is 1. The van der Waals surface area contributed by atoms with Crippen molar-refractivity contribution in [3.05, 3.63) is 64.2 Å². The minimum atomic E-state index is -2.86. The monoisotopic (exact) mass is 811 g/mol. The van der Waals surface area contributed by atoms with E-state index in [-0.39, 0.29) is 29.8 Å². The first-order chi connectivity index (χ1) is 26.8. The molecular weight excluding hydrogens is 765 g/mol. The maximum atomic E-state index is 14.3. The van der Waals surface area contributed by atoms with E-state index in [0.717, 1.165) is 36.1 Å². The number of ketones is 2. The zero-order valence-electron chi connectivity index (χ0n) is 33.0. The number of carbonyl (C=O) groups is 6. The molecule has 312 valence electrons. The number of carbonyl (C=O) groups excluding carboxylic acids is 5. The van der Waals surface area contributed by atoms with Crippen molar-refractivity contribution in [1.82, 2.24) is 9.80 Å². The van der Waals surface area contributed by atoms with Crippen LogP contribution >= 0.6 is 0 Å². The molecule has 5 rings (SSSR count). The fourth-order valence-corrected chi connectivity index (χ4v) is 7.75. The molecular formula is C39H46FN5O13. The van der Waals surface area contributed by atoms with E-state index in [0.29, 0.717) is 11.3 Å². The highest BCUT2D eigenvalue weighted by molar-refractivity contribution is 6.24. The lowest BCUT2D eigenvalue weighted by Gasteiger charge is -2.50. The maximum Gasteiger partial charge on any atom is 0.414 e. The molecule has 1 fully saturated rings. The normalized spacial score (nSPS) is 22.6. The summed E-state index contributed by atoms with van der Waals surface area (Å²) in [6.45, 7) is 4.76. The van der Waals surface area contributed by atoms with E-state index in [4.69, 9.17) is 15.2 Å². The number of phenolic OH excluding ortho intramolecular Hbond substituents is 1. The number of aliphatic carboxylic acids is 1. The summed E-state index contributed by atoms with van der Waals surface area (Å²) in [6, 6.07) is 4.40. The number of aromatic hydroxyl groups is 1. The van der Waals surface area contributed by atoms with Crippen LogP contribution in [-0.4, -0.2) is 128 Å². The molecule has 2 aromatic carbocycles. The predicted molar refractivity (Wildman–Crippen MR) is 203 cm³/mol. The molecule has 2 aromatic rings. The van der Waals surface area contributed by atoms with Crippen molar-refractivity contribution in [2.45, 2.75) is 63.5 Å². The van der Waals surface area contributed by atoms with Crippen molar-refractivity contribution >= 4 is 52.6 Å². The van der Waals surface area contributed by atoms with E-state index < -0.39 is 111 Å². The second-order valence-electron chi connectivity index (χ2n) is 16.0. The Morgan fingerprint density at radius 1 is 1.02 bits per heavy atom. The molecule has 3 aliphatic rings. The number of carboxylic acid groups (broad SMARTS) is 1. The Balaban J connectivity index is 1.51. The Bertz CT molecular complexity index is 2180. The van der Waals surface area contributed by atoms with Crippen LogP contribution in [0.4, 0.5) is 20.6 Å². The highest BCUT2D eigenvalue weighted by atomic mass is 19.1. The van der Waals surface area contributed by atoms with Crippen LogP contribution in [0.1, 0.15) is 45.2 Å². The van der Waals surface area contributed by atoms with Gasteiger partial charge in [-0.25, -0.2) is 14.0 Å². The summed E-state index contributed by atoms with van der Waals surface area (Å²) in [5, 5.41) is 58.9. The zero-order chi connectivity index (χ0) is 43.6. The van der Waals surface area contributed by atoms with E-state index in [1.807, 2.05) is 0 Å². The standard InChI is InChI=1S/C39H46FN5O13/c1-37(2,3)45(36(55)58-38(4,35(53)54)57-19-11-9-18(40)10-12-19)16-24(46)42-22-15-23(43(5)6)20-13-17-14-21-28(44(7)8)31(49)27(34(41)52)33(51)39(21,56)32(50)25(17)30(48)26(20)29(22)47/h9-12,15,17,21,28,47-48,51,56H,13-14,16H2,1-8H3,(H2,41,52)(H,42,46)(H,53,54)/t17-,21-,28-,38?,39-/m0/s1. The average molecular weight is 812 g/mol. The van der Waals surface area contributed by atoms with Gasteiger partial charge in [0.2, 0.25) is 11.7 Å². The maximum absolute atomic E-state index is 14.3. The van der Waals surface area contributed by atoms with E-state index >= 15 is 0 Å². The van der Waals surface area contributed by atoms with Gasteiger partial charge in [-0.2, -0.15) is 0 Å². The molecule has 58 heavy (non-hydrogen) atoms. The summed E-state index contributed by atoms with van der Waals surface area (Å²) in [5.41, 5.74) is 0.127. The molecule has 1 unspecified atom stereocenters. The number of primary amides is 1. The fraction of sp³-hybridized carbons (Fsp3) is 0.436. The second kappa shape index (κ2) is 14.9. The van der Waals surface area contributed by atoms with Gasteiger partial charge in [0.1, 0.15) is 41.0 Å². The van der Waals surface area contributed by atoms with Gasteiger partial charge in [-0.05, 0) is 89.5 Å². The minimum Gasteiger partial charge on any atom is -0.508 e. The van der Waals surface area contributed by atoms with Crippen LogP contribution in [0.15, 0.2) is 47.2 Å². The van der Waals surface area contributed by atoms with Crippen LogP contribution in [0.3, 0.4) is 0 Å². The van der Waals surface area contributed by atoms with Crippen LogP contribution in [0.5, 0.6) is 11.5 Å². The van der Waals surface area contributed by atoms with Gasteiger partial charge in [-0.1, -0.05) is 0 Å². The van der Waals surface area contributed by atoms with Gasteiger partial charge in [0.05, 0.1) is 17.3 Å². The van der Waals surface area contributed by atoms with Crippen LogP contribution in [-0.2, 0) is 35.1 Å². The second-order valence-corrected chi connectivity index (χ2v) is 16.0. The van der Waals surface area contributed by atoms with Gasteiger partial charge in [-0.15, -0.1) is 0 Å². The molecule has 5 atom stereocenters. The lowest BCUT2D eigenvalue weighted by molar-refractivity contribution is -0.191. The Kier molecular flexibility index (Phi) is 11.1. The number of nitrogens with one attached hydrogen (secondary N) is 1. The molecule has 0 heterocycles. The summed E-state index contributed by atoms with van der Waals surface area (Å²) in [6.07, 6.45) is -1.45. The number of aliphatic hydroxyl groups excluding tert-OH is 2. The van der Waals surface area contributed by atoms with Crippen molar-refractivity contribution in [1.29, 1.82) is 0 Å². The number of aliphatic hydroxyl groups is 3. The topological polar surface area (TPSA) is 270 Å². The van der Waals surface area contributed by atoms with Crippen LogP contribution in [0, 0.1) is 17.7 Å². The fourth-order valence-electron chi connectivity index (χ4n) is 7.75. The number of nitrogens with zero attached hydrogens (tertiary/aromatic N) is 3. The van der Waals surface area contributed by atoms with Crippen molar-refractivity contribution in [2.75, 3.05) is 45.0 Å². The Morgan fingerprint density at radius 2 is 1.62 bits per heavy atom. The van der Waals surface area contributed by atoms with E-state index in [9.17, 15) is 58.7 Å². The van der Waals surface area contributed by atoms with Gasteiger partial charge in [0, 0.05) is 43.7 Å². The van der Waals surface area contributed by atoms with E-state index in [2.05, 4.69) is 5.32 Å². The summed E-state index contributed by atoms with van der Waals surface area (Å²) in [5.74, 6) is -14.4. The molecule has 3 amide bonds. The number of rotatable bonds is 10. The van der Waals surface area contributed by atoms with Crippen LogP contribution < -0.4 is 20.7 Å². The van der Waals surface area contributed by atoms with Gasteiger partial charge in [0.15, 0.2) is 11.4 Å². The van der Waals surface area contributed by atoms with E-state index in [1.54, 1.807) is 19.0 Å². The molecule has 19 heteroatoms. The summed E-state index contributed by atoms with van der Waals surface area (Å²) in [4.78, 5) is 83.3. The zero-order valence-corrected chi connectivity index (χ0v) is 33.0. The third-order valence-electron chi connectivity index (χ3n) is 10.6. The first-order valence-electron chi connectivity index (χ1n) is 18.0. The summed E-state index contributed by atoms with van der Waals surface area (Å²) >= 11 is 0. The largest absolute Gasteiger partial charge is 0.508 e. The smallest absolute Gasteiger partial charge is 0.414 e. The molecule has 0 saturated heterocycles. The van der Waals surface area contributed by atoms with Crippen LogP contribution in [0.2, 0.25) is 0 Å². The number of amides is 3. The number of ether oxygens (including phenoxy) is 2. The third-order valence-corrected chi connectivity index (χ3v) is 10.6. The Labute approximate surface area is 331 Å². The number of fused-ring (bicyclic) bond motifs is 3. The predicted octanol–water partition coefficient (Wildman–Crippen LogP) is 2.22. The summed E-state index contributed by atoms with van der Waals surface area (Å²) < 4.78 is 24.1. The molecule has 0 spiro atoms.